The molecule has 108 valence electrons. The second-order valence-corrected chi connectivity index (χ2v) is 6.08. The lowest BCUT2D eigenvalue weighted by Gasteiger charge is -2.31. The summed E-state index contributed by atoms with van der Waals surface area (Å²) in [6.45, 7) is 10.7. The van der Waals surface area contributed by atoms with E-state index in [0.29, 0.717) is 6.04 Å². The third-order valence-electron chi connectivity index (χ3n) is 4.18. The predicted molar refractivity (Wildman–Crippen MR) is 80.1 cm³/mol. The molecule has 3 heteroatoms. The first-order chi connectivity index (χ1) is 8.63. The largest absolute Gasteiger partial charge is 0.317 e. The van der Waals surface area contributed by atoms with Crippen molar-refractivity contribution in [3.8, 4) is 0 Å². The molecule has 0 aliphatic carbocycles. The lowest BCUT2D eigenvalue weighted by atomic mass is 9.93. The van der Waals surface area contributed by atoms with Crippen molar-refractivity contribution in [1.82, 2.24) is 15.1 Å². The Bertz CT molecular complexity index is 200. The molecule has 0 aromatic rings. The van der Waals surface area contributed by atoms with Crippen molar-refractivity contribution >= 4 is 0 Å². The van der Waals surface area contributed by atoms with Gasteiger partial charge in [0, 0.05) is 12.6 Å². The molecule has 0 bridgehead atoms. The number of nitrogens with zero attached hydrogens (tertiary/aromatic N) is 2. The van der Waals surface area contributed by atoms with Gasteiger partial charge in [0.05, 0.1) is 0 Å². The Hall–Kier alpha value is -0.120. The SMILES string of the molecule is CCN(CCCC1CCNCC1)C(C)CN(C)C. The van der Waals surface area contributed by atoms with E-state index in [9.17, 15) is 0 Å². The lowest BCUT2D eigenvalue weighted by Crippen LogP contribution is -2.40. The van der Waals surface area contributed by atoms with Crippen molar-refractivity contribution in [1.29, 1.82) is 0 Å². The molecule has 18 heavy (non-hydrogen) atoms. The average Bonchev–Trinajstić information content (AvgIpc) is 2.35. The van der Waals surface area contributed by atoms with Gasteiger partial charge in [-0.25, -0.2) is 0 Å². The first kappa shape index (κ1) is 15.9. The number of hydrogen-bond donors (Lipinski definition) is 1. The number of piperidine rings is 1. The molecule has 1 atom stereocenters. The van der Waals surface area contributed by atoms with Crippen LogP contribution < -0.4 is 5.32 Å². The normalized spacial score (nSPS) is 19.7. The predicted octanol–water partition coefficient (Wildman–Crippen LogP) is 2.04. The summed E-state index contributed by atoms with van der Waals surface area (Å²) in [5, 5.41) is 3.45. The molecule has 0 aromatic carbocycles. The van der Waals surface area contributed by atoms with E-state index in [1.165, 1.54) is 58.4 Å². The monoisotopic (exact) mass is 255 g/mol. The topological polar surface area (TPSA) is 18.5 Å². The highest BCUT2D eigenvalue weighted by Gasteiger charge is 2.15. The van der Waals surface area contributed by atoms with Crippen LogP contribution in [-0.2, 0) is 0 Å². The molecule has 1 heterocycles. The van der Waals surface area contributed by atoms with Crippen LogP contribution in [0.15, 0.2) is 0 Å². The second kappa shape index (κ2) is 8.89. The minimum absolute atomic E-state index is 0.679. The van der Waals surface area contributed by atoms with Crippen LogP contribution in [0.3, 0.4) is 0 Å². The Morgan fingerprint density at radius 3 is 2.44 bits per heavy atom. The van der Waals surface area contributed by atoms with Gasteiger partial charge in [0.15, 0.2) is 0 Å². The summed E-state index contributed by atoms with van der Waals surface area (Å²) in [6, 6.07) is 0.679. The van der Waals surface area contributed by atoms with Crippen LogP contribution in [0.4, 0.5) is 0 Å². The molecular weight excluding hydrogens is 222 g/mol. The van der Waals surface area contributed by atoms with Crippen LogP contribution in [-0.4, -0.2) is 62.7 Å². The number of rotatable bonds is 8. The van der Waals surface area contributed by atoms with Gasteiger partial charge in [-0.3, -0.25) is 4.90 Å². The third-order valence-corrected chi connectivity index (χ3v) is 4.18. The van der Waals surface area contributed by atoms with E-state index in [4.69, 9.17) is 0 Å². The molecule has 1 fully saturated rings. The highest BCUT2D eigenvalue weighted by atomic mass is 15.2. The zero-order chi connectivity index (χ0) is 13.4. The molecule has 1 unspecified atom stereocenters. The summed E-state index contributed by atoms with van der Waals surface area (Å²) < 4.78 is 0. The summed E-state index contributed by atoms with van der Waals surface area (Å²) in [5.41, 5.74) is 0. The summed E-state index contributed by atoms with van der Waals surface area (Å²) in [5.74, 6) is 0.981. The fourth-order valence-corrected chi connectivity index (χ4v) is 3.09. The maximum atomic E-state index is 3.45. The smallest absolute Gasteiger partial charge is 0.0194 e. The molecule has 1 aliphatic heterocycles. The minimum Gasteiger partial charge on any atom is -0.317 e. The average molecular weight is 255 g/mol. The number of nitrogens with one attached hydrogen (secondary N) is 1. The van der Waals surface area contributed by atoms with Gasteiger partial charge < -0.3 is 10.2 Å². The third kappa shape index (κ3) is 6.17. The van der Waals surface area contributed by atoms with E-state index in [2.05, 4.69) is 43.1 Å². The fourth-order valence-electron chi connectivity index (χ4n) is 3.09. The van der Waals surface area contributed by atoms with E-state index >= 15 is 0 Å². The molecule has 0 saturated carbocycles. The lowest BCUT2D eigenvalue weighted by molar-refractivity contribution is 0.174. The molecule has 0 amide bonds. The highest BCUT2D eigenvalue weighted by molar-refractivity contribution is 4.72. The molecule has 3 nitrogen and oxygen atoms in total. The summed E-state index contributed by atoms with van der Waals surface area (Å²) in [4.78, 5) is 4.92. The summed E-state index contributed by atoms with van der Waals surface area (Å²) in [6.07, 6.45) is 5.57. The van der Waals surface area contributed by atoms with Gasteiger partial charge in [-0.05, 0) is 78.8 Å². The van der Waals surface area contributed by atoms with E-state index < -0.39 is 0 Å². The fraction of sp³-hybridized carbons (Fsp3) is 1.00. The number of hydrogen-bond acceptors (Lipinski definition) is 3. The molecule has 1 aliphatic rings. The maximum absolute atomic E-state index is 3.45. The second-order valence-electron chi connectivity index (χ2n) is 6.08. The van der Waals surface area contributed by atoms with Crippen molar-refractivity contribution in [3.63, 3.8) is 0 Å². The molecule has 0 aromatic heterocycles. The zero-order valence-corrected chi connectivity index (χ0v) is 12.9. The van der Waals surface area contributed by atoms with Gasteiger partial charge >= 0.3 is 0 Å². The van der Waals surface area contributed by atoms with Crippen LogP contribution >= 0.6 is 0 Å². The van der Waals surface area contributed by atoms with Crippen molar-refractivity contribution < 1.29 is 0 Å². The van der Waals surface area contributed by atoms with Gasteiger partial charge in [-0.15, -0.1) is 0 Å². The van der Waals surface area contributed by atoms with Crippen LogP contribution in [0.25, 0.3) is 0 Å². The van der Waals surface area contributed by atoms with E-state index in [0.717, 1.165) is 5.92 Å². The van der Waals surface area contributed by atoms with Crippen LogP contribution in [0.5, 0.6) is 0 Å². The summed E-state index contributed by atoms with van der Waals surface area (Å²) in [7, 11) is 4.33. The van der Waals surface area contributed by atoms with E-state index in [-0.39, 0.29) is 0 Å². The van der Waals surface area contributed by atoms with Gasteiger partial charge in [0.1, 0.15) is 0 Å². The van der Waals surface area contributed by atoms with Crippen LogP contribution in [0.1, 0.15) is 39.5 Å². The molecule has 0 radical (unpaired) electrons. The minimum atomic E-state index is 0.679. The molecule has 0 spiro atoms. The van der Waals surface area contributed by atoms with E-state index in [1.54, 1.807) is 0 Å². The van der Waals surface area contributed by atoms with Crippen molar-refractivity contribution in [2.75, 3.05) is 46.8 Å². The summed E-state index contributed by atoms with van der Waals surface area (Å²) >= 11 is 0. The van der Waals surface area contributed by atoms with E-state index in [1.807, 2.05) is 0 Å². The Morgan fingerprint density at radius 2 is 1.89 bits per heavy atom. The highest BCUT2D eigenvalue weighted by Crippen LogP contribution is 2.18. The van der Waals surface area contributed by atoms with Crippen molar-refractivity contribution in [3.05, 3.63) is 0 Å². The van der Waals surface area contributed by atoms with Gasteiger partial charge in [0.25, 0.3) is 0 Å². The standard InChI is InChI=1S/C15H33N3/c1-5-18(14(2)13-17(3)4)12-6-7-15-8-10-16-11-9-15/h14-16H,5-13H2,1-4H3. The first-order valence-electron chi connectivity index (χ1n) is 7.73. The van der Waals surface area contributed by atoms with Gasteiger partial charge in [-0.2, -0.15) is 0 Å². The van der Waals surface area contributed by atoms with Crippen LogP contribution in [0.2, 0.25) is 0 Å². The first-order valence-corrected chi connectivity index (χ1v) is 7.73. The Labute approximate surface area is 114 Å². The van der Waals surface area contributed by atoms with Crippen molar-refractivity contribution in [2.45, 2.75) is 45.6 Å². The van der Waals surface area contributed by atoms with Gasteiger partial charge in [-0.1, -0.05) is 6.92 Å². The Balaban J connectivity index is 2.17. The molecular formula is C15H33N3. The quantitative estimate of drug-likeness (QED) is 0.716. The molecule has 1 saturated heterocycles. The van der Waals surface area contributed by atoms with Gasteiger partial charge in [0.2, 0.25) is 0 Å². The number of likely N-dealkylation sites (N-methyl/N-ethyl adjacent to an activating group) is 2. The zero-order valence-electron chi connectivity index (χ0n) is 12.9. The molecule has 1 rings (SSSR count). The Kier molecular flexibility index (Phi) is 7.87. The molecule has 1 N–H and O–H groups in total. The maximum Gasteiger partial charge on any atom is 0.0194 e. The Morgan fingerprint density at radius 1 is 1.22 bits per heavy atom. The van der Waals surface area contributed by atoms with Crippen molar-refractivity contribution in [2.24, 2.45) is 5.92 Å². The van der Waals surface area contributed by atoms with Crippen LogP contribution in [0, 0.1) is 5.92 Å².